The quantitative estimate of drug-likeness (QED) is 0.683. The van der Waals surface area contributed by atoms with Gasteiger partial charge >= 0.3 is 5.63 Å². The fraction of sp³-hybridized carbons (Fsp3) is 0.235. The number of allylic oxidation sites excluding steroid dienone is 2. The van der Waals surface area contributed by atoms with Crippen LogP contribution in [0.25, 0.3) is 11.0 Å². The minimum absolute atomic E-state index is 0.221. The van der Waals surface area contributed by atoms with E-state index in [0.29, 0.717) is 5.58 Å². The first-order valence-corrected chi connectivity index (χ1v) is 8.67. The fourth-order valence-electron chi connectivity index (χ4n) is 2.55. The Kier molecular flexibility index (Phi) is 3.88. The summed E-state index contributed by atoms with van der Waals surface area (Å²) in [7, 11) is -0.638. The van der Waals surface area contributed by atoms with E-state index in [1.54, 1.807) is 0 Å². The van der Waals surface area contributed by atoms with Crippen LogP contribution in [-0.4, -0.2) is 13.1 Å². The van der Waals surface area contributed by atoms with Gasteiger partial charge in [0.2, 0.25) is 0 Å². The normalized spacial score (nSPS) is 15.0. The smallest absolute Gasteiger partial charge is 0.348 e. The molecule has 0 bridgehead atoms. The van der Waals surface area contributed by atoms with E-state index in [-0.39, 0.29) is 5.63 Å². The molecule has 4 heteroatoms. The number of anilines is 1. The molecule has 0 spiro atoms. The molecule has 110 valence electrons. The first kappa shape index (κ1) is 14.0. The summed E-state index contributed by atoms with van der Waals surface area (Å²) in [6, 6.07) is 8.06. The molecule has 3 rings (SSSR count). The zero-order valence-corrected chi connectivity index (χ0v) is 13.1. The molecule has 2 heterocycles. The molecular formula is C17H19NO2S. The summed E-state index contributed by atoms with van der Waals surface area (Å²) in [6.07, 6.45) is 3.97. The van der Waals surface area contributed by atoms with Gasteiger partial charge in [-0.1, -0.05) is 12.2 Å². The van der Waals surface area contributed by atoms with Gasteiger partial charge in [0, 0.05) is 30.2 Å². The Balaban J connectivity index is 2.08. The predicted molar refractivity (Wildman–Crippen MR) is 91.6 cm³/mol. The molecule has 0 unspecified atom stereocenters. The van der Waals surface area contributed by atoms with E-state index >= 15 is 0 Å². The Labute approximate surface area is 126 Å². The van der Waals surface area contributed by atoms with E-state index in [1.807, 2.05) is 30.4 Å². The lowest BCUT2D eigenvalue weighted by Gasteiger charge is -2.21. The van der Waals surface area contributed by atoms with Crippen LogP contribution < -0.4 is 10.5 Å². The van der Waals surface area contributed by atoms with Crippen molar-refractivity contribution < 1.29 is 4.42 Å². The van der Waals surface area contributed by atoms with Crippen LogP contribution in [0.1, 0.15) is 13.8 Å². The fourth-order valence-corrected chi connectivity index (χ4v) is 4.08. The van der Waals surface area contributed by atoms with E-state index in [9.17, 15) is 4.79 Å². The maximum absolute atomic E-state index is 12.2. The average molecular weight is 301 g/mol. The molecule has 1 aromatic carbocycles. The molecule has 1 aliphatic heterocycles. The second-order valence-corrected chi connectivity index (χ2v) is 6.80. The molecule has 1 aromatic heterocycles. The summed E-state index contributed by atoms with van der Waals surface area (Å²) >= 11 is 0. The highest BCUT2D eigenvalue weighted by molar-refractivity contribution is 8.22. The van der Waals surface area contributed by atoms with Gasteiger partial charge in [0.25, 0.3) is 0 Å². The lowest BCUT2D eigenvalue weighted by Crippen LogP contribution is -2.21. The molecule has 21 heavy (non-hydrogen) atoms. The summed E-state index contributed by atoms with van der Waals surface area (Å²) in [5.74, 6) is 0. The first-order chi connectivity index (χ1) is 10.2. The molecule has 0 atom stereocenters. The highest BCUT2D eigenvalue weighted by Gasteiger charge is 2.12. The zero-order valence-electron chi connectivity index (χ0n) is 12.2. The van der Waals surface area contributed by atoms with Gasteiger partial charge in [-0.2, -0.15) is 10.9 Å². The van der Waals surface area contributed by atoms with E-state index in [4.69, 9.17) is 4.42 Å². The van der Waals surface area contributed by atoms with Crippen LogP contribution in [-0.2, 0) is 0 Å². The summed E-state index contributed by atoms with van der Waals surface area (Å²) in [5.41, 5.74) is 1.53. The van der Waals surface area contributed by atoms with Crippen LogP contribution in [0.2, 0.25) is 0 Å². The average Bonchev–Trinajstić information content (AvgIpc) is 3.01. The molecule has 0 radical (unpaired) electrons. The van der Waals surface area contributed by atoms with E-state index < -0.39 is 10.9 Å². The van der Waals surface area contributed by atoms with Crippen LogP contribution in [0.15, 0.2) is 61.3 Å². The van der Waals surface area contributed by atoms with Crippen LogP contribution in [0.3, 0.4) is 0 Å². The Hall–Kier alpha value is -1.94. The molecule has 0 fully saturated rings. The van der Waals surface area contributed by atoms with Gasteiger partial charge in [-0.25, -0.2) is 4.79 Å². The standard InChI is InChI=1S/C17H19NO2S/c1-3-18(4-2)14-8-7-13-11-16(21-9-5-6-10-21)17(19)20-15(13)12-14/h5-12,21H,3-4H2,1-2H3. The van der Waals surface area contributed by atoms with E-state index in [0.717, 1.165) is 29.1 Å². The van der Waals surface area contributed by atoms with Crippen molar-refractivity contribution in [1.29, 1.82) is 0 Å². The molecule has 0 aliphatic carbocycles. The molecule has 0 saturated carbocycles. The van der Waals surface area contributed by atoms with Crippen LogP contribution in [0.5, 0.6) is 0 Å². The molecule has 0 amide bonds. The molecule has 0 saturated heterocycles. The topological polar surface area (TPSA) is 33.5 Å². The van der Waals surface area contributed by atoms with Crippen molar-refractivity contribution in [2.45, 2.75) is 18.7 Å². The first-order valence-electron chi connectivity index (χ1n) is 7.19. The van der Waals surface area contributed by atoms with Crippen LogP contribution in [0.4, 0.5) is 5.69 Å². The SMILES string of the molecule is CCN(CC)c1ccc2cc([SH]3C=CC=C3)c(=O)oc2c1. The second-order valence-electron chi connectivity index (χ2n) is 4.90. The molecule has 2 aromatic rings. The monoisotopic (exact) mass is 301 g/mol. The van der Waals surface area contributed by atoms with Gasteiger partial charge in [-0.3, -0.25) is 0 Å². The summed E-state index contributed by atoms with van der Waals surface area (Å²) in [4.78, 5) is 15.2. The van der Waals surface area contributed by atoms with Crippen molar-refractivity contribution in [3.05, 3.63) is 57.7 Å². The molecule has 0 N–H and O–H groups in total. The summed E-state index contributed by atoms with van der Waals surface area (Å²) < 4.78 is 5.55. The number of nitrogens with zero attached hydrogens (tertiary/aromatic N) is 1. The van der Waals surface area contributed by atoms with Crippen molar-refractivity contribution >= 4 is 27.6 Å². The second kappa shape index (κ2) is 5.82. The number of fused-ring (bicyclic) bond motifs is 1. The Morgan fingerprint density at radius 1 is 1.10 bits per heavy atom. The number of thiol groups is 1. The maximum atomic E-state index is 12.2. The third-order valence-corrected chi connectivity index (χ3v) is 5.57. The number of rotatable bonds is 4. The van der Waals surface area contributed by atoms with Crippen LogP contribution in [0, 0.1) is 0 Å². The third-order valence-electron chi connectivity index (χ3n) is 3.71. The summed E-state index contributed by atoms with van der Waals surface area (Å²) in [6.45, 7) is 6.11. The largest absolute Gasteiger partial charge is 0.422 e. The highest BCUT2D eigenvalue weighted by Crippen LogP contribution is 2.40. The Bertz CT molecular complexity index is 760. The third kappa shape index (κ3) is 2.63. The van der Waals surface area contributed by atoms with Crippen molar-refractivity contribution in [3.63, 3.8) is 0 Å². The Morgan fingerprint density at radius 3 is 2.48 bits per heavy atom. The van der Waals surface area contributed by atoms with Gasteiger partial charge in [0.05, 0.1) is 4.90 Å². The maximum Gasteiger partial charge on any atom is 0.348 e. The molecule has 3 nitrogen and oxygen atoms in total. The van der Waals surface area contributed by atoms with Gasteiger partial charge in [0.15, 0.2) is 0 Å². The van der Waals surface area contributed by atoms with Gasteiger partial charge < -0.3 is 9.32 Å². The van der Waals surface area contributed by atoms with Crippen molar-refractivity contribution in [2.75, 3.05) is 18.0 Å². The number of benzene rings is 1. The van der Waals surface area contributed by atoms with Gasteiger partial charge in [-0.15, -0.1) is 0 Å². The minimum atomic E-state index is -0.638. The van der Waals surface area contributed by atoms with Crippen molar-refractivity contribution in [3.8, 4) is 0 Å². The summed E-state index contributed by atoms with van der Waals surface area (Å²) in [5, 5.41) is 5.12. The zero-order chi connectivity index (χ0) is 14.8. The van der Waals surface area contributed by atoms with Gasteiger partial charge in [-0.05, 0) is 42.9 Å². The van der Waals surface area contributed by atoms with Crippen molar-refractivity contribution in [1.82, 2.24) is 0 Å². The van der Waals surface area contributed by atoms with E-state index in [1.165, 1.54) is 0 Å². The number of hydrogen-bond acceptors (Lipinski definition) is 3. The van der Waals surface area contributed by atoms with Crippen molar-refractivity contribution in [2.24, 2.45) is 0 Å². The molecule has 1 aliphatic rings. The minimum Gasteiger partial charge on any atom is -0.422 e. The number of hydrogen-bond donors (Lipinski definition) is 1. The Morgan fingerprint density at radius 2 is 1.81 bits per heavy atom. The predicted octanol–water partition coefficient (Wildman–Crippen LogP) is 4.04. The lowest BCUT2D eigenvalue weighted by atomic mass is 10.2. The highest BCUT2D eigenvalue weighted by atomic mass is 32.2. The van der Waals surface area contributed by atoms with Gasteiger partial charge in [0.1, 0.15) is 5.58 Å². The van der Waals surface area contributed by atoms with Crippen LogP contribution >= 0.6 is 10.9 Å². The lowest BCUT2D eigenvalue weighted by molar-refractivity contribution is 0.543. The molecular weight excluding hydrogens is 282 g/mol. The van der Waals surface area contributed by atoms with E-state index in [2.05, 4.69) is 35.6 Å².